The van der Waals surface area contributed by atoms with Gasteiger partial charge in [0.15, 0.2) is 0 Å². The summed E-state index contributed by atoms with van der Waals surface area (Å²) in [7, 11) is 1.89. The van der Waals surface area contributed by atoms with E-state index in [2.05, 4.69) is 62.3 Å². The minimum Gasteiger partial charge on any atom is -0.373 e. The molecular formula is C18H25N3. The quantitative estimate of drug-likeness (QED) is 0.877. The molecule has 0 amide bonds. The fourth-order valence-corrected chi connectivity index (χ4v) is 2.33. The number of rotatable bonds is 5. The fourth-order valence-electron chi connectivity index (χ4n) is 2.33. The van der Waals surface area contributed by atoms with Crippen LogP contribution in [-0.4, -0.2) is 17.0 Å². The number of hydrogen-bond acceptors (Lipinski definition) is 3. The largest absolute Gasteiger partial charge is 0.373 e. The molecule has 2 aromatic rings. The predicted octanol–water partition coefficient (Wildman–Crippen LogP) is 4.51. The van der Waals surface area contributed by atoms with Crippen molar-refractivity contribution in [3.8, 4) is 11.3 Å². The fraction of sp³-hybridized carbons (Fsp3) is 0.444. The molecule has 0 saturated carbocycles. The van der Waals surface area contributed by atoms with Gasteiger partial charge in [0.05, 0.1) is 5.69 Å². The lowest BCUT2D eigenvalue weighted by Gasteiger charge is -2.11. The van der Waals surface area contributed by atoms with E-state index in [1.54, 1.807) is 0 Å². The van der Waals surface area contributed by atoms with Gasteiger partial charge in [0.2, 0.25) is 0 Å². The zero-order chi connectivity index (χ0) is 15.4. The van der Waals surface area contributed by atoms with Crippen molar-refractivity contribution < 1.29 is 0 Å². The van der Waals surface area contributed by atoms with Crippen LogP contribution in [0.5, 0.6) is 0 Å². The molecule has 0 saturated heterocycles. The number of benzene rings is 1. The maximum Gasteiger partial charge on any atom is 0.133 e. The highest BCUT2D eigenvalue weighted by Crippen LogP contribution is 2.24. The predicted molar refractivity (Wildman–Crippen MR) is 89.6 cm³/mol. The molecule has 0 aliphatic rings. The number of nitrogens with one attached hydrogen (secondary N) is 1. The van der Waals surface area contributed by atoms with Gasteiger partial charge in [-0.15, -0.1) is 0 Å². The lowest BCUT2D eigenvalue weighted by Crippen LogP contribution is -2.03. The second-order valence-electron chi connectivity index (χ2n) is 6.20. The van der Waals surface area contributed by atoms with Crippen LogP contribution in [0.15, 0.2) is 30.3 Å². The number of anilines is 1. The van der Waals surface area contributed by atoms with Crippen molar-refractivity contribution in [1.82, 2.24) is 9.97 Å². The standard InChI is InChI=1S/C18H25N3/c1-12(2)9-14-7-6-8-15(10-14)16-11-17(19-5)21-18(20-16)13(3)4/h6-8,10-13H,9H2,1-5H3,(H,19,20,21). The van der Waals surface area contributed by atoms with Crippen LogP contribution in [0.4, 0.5) is 5.82 Å². The van der Waals surface area contributed by atoms with Crippen LogP contribution in [0.25, 0.3) is 11.3 Å². The molecule has 1 heterocycles. The minimum absolute atomic E-state index is 0.316. The lowest BCUT2D eigenvalue weighted by atomic mass is 10.00. The van der Waals surface area contributed by atoms with E-state index < -0.39 is 0 Å². The van der Waals surface area contributed by atoms with Crippen LogP contribution in [0.3, 0.4) is 0 Å². The van der Waals surface area contributed by atoms with Gasteiger partial charge in [-0.3, -0.25) is 0 Å². The third kappa shape index (κ3) is 4.03. The minimum atomic E-state index is 0.316. The average Bonchev–Trinajstić information content (AvgIpc) is 2.46. The highest BCUT2D eigenvalue weighted by molar-refractivity contribution is 5.63. The van der Waals surface area contributed by atoms with Crippen molar-refractivity contribution in [2.75, 3.05) is 12.4 Å². The third-order valence-corrected chi connectivity index (χ3v) is 3.38. The number of nitrogens with zero attached hydrogens (tertiary/aromatic N) is 2. The van der Waals surface area contributed by atoms with Gasteiger partial charge in [-0.2, -0.15) is 0 Å². The molecular weight excluding hydrogens is 258 g/mol. The van der Waals surface area contributed by atoms with E-state index in [0.29, 0.717) is 11.8 Å². The van der Waals surface area contributed by atoms with Crippen LogP contribution in [0.1, 0.15) is 45.0 Å². The summed E-state index contributed by atoms with van der Waals surface area (Å²) in [6.45, 7) is 8.72. The van der Waals surface area contributed by atoms with E-state index in [-0.39, 0.29) is 0 Å². The first-order valence-corrected chi connectivity index (χ1v) is 7.65. The Balaban J connectivity index is 2.43. The highest BCUT2D eigenvalue weighted by atomic mass is 15.0. The van der Waals surface area contributed by atoms with E-state index in [1.165, 1.54) is 5.56 Å². The van der Waals surface area contributed by atoms with Crippen molar-refractivity contribution in [3.05, 3.63) is 41.7 Å². The van der Waals surface area contributed by atoms with Crippen molar-refractivity contribution in [2.24, 2.45) is 5.92 Å². The van der Waals surface area contributed by atoms with E-state index in [4.69, 9.17) is 4.98 Å². The smallest absolute Gasteiger partial charge is 0.133 e. The number of aromatic nitrogens is 2. The Bertz CT molecular complexity index is 603. The highest BCUT2D eigenvalue weighted by Gasteiger charge is 2.09. The van der Waals surface area contributed by atoms with Crippen LogP contribution < -0.4 is 5.32 Å². The van der Waals surface area contributed by atoms with Gasteiger partial charge in [-0.25, -0.2) is 9.97 Å². The molecule has 0 spiro atoms. The Morgan fingerprint density at radius 3 is 2.43 bits per heavy atom. The molecule has 0 aliphatic heterocycles. The molecule has 112 valence electrons. The van der Waals surface area contributed by atoms with E-state index in [0.717, 1.165) is 29.3 Å². The van der Waals surface area contributed by atoms with Gasteiger partial charge < -0.3 is 5.32 Å². The monoisotopic (exact) mass is 283 g/mol. The molecule has 1 aromatic carbocycles. The Labute approximate surface area is 127 Å². The van der Waals surface area contributed by atoms with E-state index in [9.17, 15) is 0 Å². The first-order valence-electron chi connectivity index (χ1n) is 7.65. The Morgan fingerprint density at radius 2 is 1.81 bits per heavy atom. The summed E-state index contributed by atoms with van der Waals surface area (Å²) in [5.41, 5.74) is 3.51. The molecule has 0 fully saturated rings. The topological polar surface area (TPSA) is 37.8 Å². The maximum atomic E-state index is 4.72. The molecule has 0 radical (unpaired) electrons. The van der Waals surface area contributed by atoms with E-state index >= 15 is 0 Å². The summed E-state index contributed by atoms with van der Waals surface area (Å²) in [5.74, 6) is 2.73. The lowest BCUT2D eigenvalue weighted by molar-refractivity contribution is 0.647. The van der Waals surface area contributed by atoms with E-state index in [1.807, 2.05) is 13.1 Å². The van der Waals surface area contributed by atoms with Gasteiger partial charge in [0.1, 0.15) is 11.6 Å². The SMILES string of the molecule is CNc1cc(-c2cccc(CC(C)C)c2)nc(C(C)C)n1. The van der Waals surface area contributed by atoms with Crippen LogP contribution in [0, 0.1) is 5.92 Å². The normalized spacial score (nSPS) is 11.2. The summed E-state index contributed by atoms with van der Waals surface area (Å²) in [6.07, 6.45) is 1.09. The second-order valence-corrected chi connectivity index (χ2v) is 6.20. The van der Waals surface area contributed by atoms with Gasteiger partial charge in [0, 0.05) is 24.6 Å². The molecule has 3 nitrogen and oxygen atoms in total. The summed E-state index contributed by atoms with van der Waals surface area (Å²) in [4.78, 5) is 9.25. The molecule has 0 atom stereocenters. The Morgan fingerprint density at radius 1 is 1.05 bits per heavy atom. The molecule has 0 unspecified atom stereocenters. The molecule has 3 heteroatoms. The van der Waals surface area contributed by atoms with Gasteiger partial charge >= 0.3 is 0 Å². The molecule has 2 rings (SSSR count). The van der Waals surface area contributed by atoms with Crippen LogP contribution in [0.2, 0.25) is 0 Å². The van der Waals surface area contributed by atoms with Crippen molar-refractivity contribution in [1.29, 1.82) is 0 Å². The molecule has 0 aliphatic carbocycles. The van der Waals surface area contributed by atoms with Crippen molar-refractivity contribution >= 4 is 5.82 Å². The van der Waals surface area contributed by atoms with Crippen molar-refractivity contribution in [3.63, 3.8) is 0 Å². The first kappa shape index (κ1) is 15.5. The number of hydrogen-bond donors (Lipinski definition) is 1. The Hall–Kier alpha value is -1.90. The zero-order valence-electron chi connectivity index (χ0n) is 13.6. The first-order chi connectivity index (χ1) is 9.99. The molecule has 0 bridgehead atoms. The zero-order valence-corrected chi connectivity index (χ0v) is 13.6. The summed E-state index contributed by atoms with van der Waals surface area (Å²) >= 11 is 0. The van der Waals surface area contributed by atoms with Crippen LogP contribution in [-0.2, 0) is 6.42 Å². The van der Waals surface area contributed by atoms with Gasteiger partial charge in [-0.05, 0) is 24.0 Å². The second kappa shape index (κ2) is 6.70. The van der Waals surface area contributed by atoms with Gasteiger partial charge in [-0.1, -0.05) is 45.9 Å². The average molecular weight is 283 g/mol. The maximum absolute atomic E-state index is 4.72. The van der Waals surface area contributed by atoms with Crippen LogP contribution >= 0.6 is 0 Å². The third-order valence-electron chi connectivity index (χ3n) is 3.38. The summed E-state index contributed by atoms with van der Waals surface area (Å²) < 4.78 is 0. The molecule has 1 N–H and O–H groups in total. The molecule has 21 heavy (non-hydrogen) atoms. The summed E-state index contributed by atoms with van der Waals surface area (Å²) in [5, 5.41) is 3.13. The van der Waals surface area contributed by atoms with Gasteiger partial charge in [0.25, 0.3) is 0 Å². The summed E-state index contributed by atoms with van der Waals surface area (Å²) in [6, 6.07) is 10.7. The molecule has 1 aromatic heterocycles. The van der Waals surface area contributed by atoms with Crippen molar-refractivity contribution in [2.45, 2.75) is 40.0 Å². The Kier molecular flexibility index (Phi) is 4.94.